The Hall–Kier alpha value is -0.900. The van der Waals surface area contributed by atoms with Gasteiger partial charge in [0, 0.05) is 6.61 Å². The minimum absolute atomic E-state index is 0.0412. The second-order valence-corrected chi connectivity index (χ2v) is 7.10. The van der Waals surface area contributed by atoms with Crippen molar-refractivity contribution in [1.29, 1.82) is 0 Å². The molecule has 1 aromatic carbocycles. The van der Waals surface area contributed by atoms with Crippen molar-refractivity contribution in [2.75, 3.05) is 6.61 Å². The molecule has 0 fully saturated rings. The highest BCUT2D eigenvalue weighted by Crippen LogP contribution is 2.28. The molecule has 0 heterocycles. The van der Waals surface area contributed by atoms with Gasteiger partial charge in [0.2, 0.25) is 0 Å². The molecule has 120 valence electrons. The van der Waals surface area contributed by atoms with Crippen LogP contribution in [0.1, 0.15) is 49.9 Å². The van der Waals surface area contributed by atoms with Crippen molar-refractivity contribution in [3.8, 4) is 0 Å². The van der Waals surface area contributed by atoms with Crippen LogP contribution in [0, 0.1) is 26.2 Å². The SMILES string of the molecule is CCOC(C(Cc1c(C)cc(C)cc1C)NN)C(C)(C)C. The van der Waals surface area contributed by atoms with Gasteiger partial charge in [-0.1, -0.05) is 38.5 Å². The van der Waals surface area contributed by atoms with Gasteiger partial charge in [0.05, 0.1) is 12.1 Å². The van der Waals surface area contributed by atoms with Crippen LogP contribution in [-0.2, 0) is 11.2 Å². The fourth-order valence-electron chi connectivity index (χ4n) is 3.15. The molecule has 0 spiro atoms. The van der Waals surface area contributed by atoms with E-state index < -0.39 is 0 Å². The van der Waals surface area contributed by atoms with Crippen molar-refractivity contribution >= 4 is 0 Å². The molecule has 0 radical (unpaired) electrons. The summed E-state index contributed by atoms with van der Waals surface area (Å²) in [6.45, 7) is 15.8. The number of hydrogen-bond acceptors (Lipinski definition) is 3. The topological polar surface area (TPSA) is 47.3 Å². The van der Waals surface area contributed by atoms with E-state index in [4.69, 9.17) is 10.6 Å². The lowest BCUT2D eigenvalue weighted by Crippen LogP contribution is -2.52. The normalized spacial score (nSPS) is 15.0. The Bertz CT molecular complexity index is 440. The molecule has 0 bridgehead atoms. The zero-order chi connectivity index (χ0) is 16.2. The highest BCUT2D eigenvalue weighted by atomic mass is 16.5. The molecule has 0 aliphatic carbocycles. The Kier molecular flexibility index (Phi) is 6.39. The number of hydrazine groups is 1. The molecule has 3 nitrogen and oxygen atoms in total. The Morgan fingerprint density at radius 1 is 1.14 bits per heavy atom. The summed E-state index contributed by atoms with van der Waals surface area (Å²) < 4.78 is 5.99. The van der Waals surface area contributed by atoms with E-state index >= 15 is 0 Å². The maximum atomic E-state index is 5.99. The Balaban J connectivity index is 3.06. The van der Waals surface area contributed by atoms with E-state index in [-0.39, 0.29) is 17.6 Å². The first-order chi connectivity index (χ1) is 9.70. The largest absolute Gasteiger partial charge is 0.376 e. The predicted octanol–water partition coefficient (Wildman–Crippen LogP) is 3.44. The Morgan fingerprint density at radius 2 is 1.67 bits per heavy atom. The summed E-state index contributed by atoms with van der Waals surface area (Å²) in [5, 5.41) is 0. The number of rotatable bonds is 6. The average Bonchev–Trinajstić information content (AvgIpc) is 2.35. The molecule has 1 aromatic rings. The quantitative estimate of drug-likeness (QED) is 0.624. The van der Waals surface area contributed by atoms with E-state index in [1.165, 1.54) is 22.3 Å². The number of nitrogens with two attached hydrogens (primary N) is 1. The van der Waals surface area contributed by atoms with Crippen LogP contribution in [0.2, 0.25) is 0 Å². The van der Waals surface area contributed by atoms with Crippen LogP contribution in [0.5, 0.6) is 0 Å². The summed E-state index contributed by atoms with van der Waals surface area (Å²) in [7, 11) is 0. The molecular weight excluding hydrogens is 260 g/mol. The van der Waals surface area contributed by atoms with Gasteiger partial charge in [0.25, 0.3) is 0 Å². The number of aryl methyl sites for hydroxylation is 3. The van der Waals surface area contributed by atoms with Crippen LogP contribution in [-0.4, -0.2) is 18.8 Å². The number of ether oxygens (including phenoxy) is 1. The third-order valence-corrected chi connectivity index (χ3v) is 4.04. The lowest BCUT2D eigenvalue weighted by Gasteiger charge is -2.37. The first-order valence-corrected chi connectivity index (χ1v) is 7.85. The zero-order valence-electron chi connectivity index (χ0n) is 14.7. The highest BCUT2D eigenvalue weighted by Gasteiger charge is 2.33. The molecule has 0 amide bonds. The van der Waals surface area contributed by atoms with Gasteiger partial charge < -0.3 is 4.74 Å². The lowest BCUT2D eigenvalue weighted by atomic mass is 9.81. The molecule has 0 aliphatic heterocycles. The van der Waals surface area contributed by atoms with Gasteiger partial charge in [0.1, 0.15) is 0 Å². The second-order valence-electron chi connectivity index (χ2n) is 7.10. The smallest absolute Gasteiger partial charge is 0.0792 e. The fraction of sp³-hybridized carbons (Fsp3) is 0.667. The Morgan fingerprint density at radius 3 is 2.05 bits per heavy atom. The summed E-state index contributed by atoms with van der Waals surface area (Å²) in [4.78, 5) is 0. The first kappa shape index (κ1) is 18.1. The summed E-state index contributed by atoms with van der Waals surface area (Å²) in [6, 6.07) is 4.58. The van der Waals surface area contributed by atoms with Crippen molar-refractivity contribution in [3.05, 3.63) is 34.4 Å². The van der Waals surface area contributed by atoms with Gasteiger partial charge in [-0.3, -0.25) is 11.3 Å². The monoisotopic (exact) mass is 292 g/mol. The van der Waals surface area contributed by atoms with Gasteiger partial charge in [-0.25, -0.2) is 0 Å². The van der Waals surface area contributed by atoms with Crippen molar-refractivity contribution in [2.24, 2.45) is 11.3 Å². The summed E-state index contributed by atoms with van der Waals surface area (Å²) in [5.41, 5.74) is 8.37. The van der Waals surface area contributed by atoms with E-state index in [0.29, 0.717) is 6.61 Å². The van der Waals surface area contributed by atoms with Crippen molar-refractivity contribution in [1.82, 2.24) is 5.43 Å². The molecule has 0 aliphatic rings. The third kappa shape index (κ3) is 4.80. The molecule has 2 unspecified atom stereocenters. The van der Waals surface area contributed by atoms with Crippen molar-refractivity contribution in [3.63, 3.8) is 0 Å². The molecular formula is C18H32N2O. The van der Waals surface area contributed by atoms with E-state index in [1.807, 2.05) is 6.92 Å². The van der Waals surface area contributed by atoms with Crippen LogP contribution in [0.4, 0.5) is 0 Å². The minimum atomic E-state index is 0.0412. The first-order valence-electron chi connectivity index (χ1n) is 7.85. The number of nitrogens with one attached hydrogen (secondary N) is 1. The number of benzene rings is 1. The average molecular weight is 292 g/mol. The van der Waals surface area contributed by atoms with Crippen LogP contribution < -0.4 is 11.3 Å². The van der Waals surface area contributed by atoms with Gasteiger partial charge in [-0.15, -0.1) is 0 Å². The van der Waals surface area contributed by atoms with Crippen LogP contribution >= 0.6 is 0 Å². The van der Waals surface area contributed by atoms with E-state index in [0.717, 1.165) is 6.42 Å². The molecule has 0 saturated heterocycles. The molecule has 1 rings (SSSR count). The molecule has 3 heteroatoms. The third-order valence-electron chi connectivity index (χ3n) is 4.04. The molecule has 0 saturated carbocycles. The second kappa shape index (κ2) is 7.39. The lowest BCUT2D eigenvalue weighted by molar-refractivity contribution is -0.0356. The minimum Gasteiger partial charge on any atom is -0.376 e. The van der Waals surface area contributed by atoms with Gasteiger partial charge in [0.15, 0.2) is 0 Å². The summed E-state index contributed by atoms with van der Waals surface area (Å²) >= 11 is 0. The predicted molar refractivity (Wildman–Crippen MR) is 90.3 cm³/mol. The standard InChI is InChI=1S/C18H32N2O/c1-8-21-17(18(5,6)7)16(20-19)11-15-13(3)9-12(2)10-14(15)4/h9-10,16-17,20H,8,11,19H2,1-7H3. The summed E-state index contributed by atoms with van der Waals surface area (Å²) in [5.74, 6) is 5.85. The van der Waals surface area contributed by atoms with Crippen LogP contribution in [0.3, 0.4) is 0 Å². The van der Waals surface area contributed by atoms with Gasteiger partial charge >= 0.3 is 0 Å². The maximum Gasteiger partial charge on any atom is 0.0792 e. The van der Waals surface area contributed by atoms with E-state index in [9.17, 15) is 0 Å². The maximum absolute atomic E-state index is 5.99. The summed E-state index contributed by atoms with van der Waals surface area (Å²) in [6.07, 6.45) is 0.962. The van der Waals surface area contributed by atoms with Crippen molar-refractivity contribution in [2.45, 2.75) is 67.0 Å². The van der Waals surface area contributed by atoms with E-state index in [2.05, 4.69) is 59.1 Å². The number of hydrogen-bond donors (Lipinski definition) is 2. The molecule has 2 atom stereocenters. The zero-order valence-corrected chi connectivity index (χ0v) is 14.7. The fourth-order valence-corrected chi connectivity index (χ4v) is 3.15. The highest BCUT2D eigenvalue weighted by molar-refractivity contribution is 5.38. The van der Waals surface area contributed by atoms with Gasteiger partial charge in [-0.2, -0.15) is 0 Å². The molecule has 21 heavy (non-hydrogen) atoms. The van der Waals surface area contributed by atoms with Crippen LogP contribution in [0.25, 0.3) is 0 Å². The molecule has 3 N–H and O–H groups in total. The molecule has 0 aromatic heterocycles. The Labute approximate surface area is 130 Å². The van der Waals surface area contributed by atoms with Gasteiger partial charge in [-0.05, 0) is 56.2 Å². The van der Waals surface area contributed by atoms with Crippen LogP contribution in [0.15, 0.2) is 12.1 Å². The van der Waals surface area contributed by atoms with Crippen molar-refractivity contribution < 1.29 is 4.74 Å². The van der Waals surface area contributed by atoms with E-state index in [1.54, 1.807) is 0 Å².